The van der Waals surface area contributed by atoms with E-state index in [4.69, 9.17) is 5.26 Å². The van der Waals surface area contributed by atoms with Crippen molar-refractivity contribution in [3.05, 3.63) is 49.9 Å². The second-order valence-electron chi connectivity index (χ2n) is 7.62. The van der Waals surface area contributed by atoms with Crippen molar-refractivity contribution in [1.82, 2.24) is 10.3 Å². The fourth-order valence-electron chi connectivity index (χ4n) is 4.04. The Kier molecular flexibility index (Phi) is 5.93. The molecule has 2 unspecified atom stereocenters. The topological polar surface area (TPSA) is 130 Å². The number of nitriles is 2. The third-order valence-electron chi connectivity index (χ3n) is 5.68. The standard InChI is InChI=1S/C21H20FN5O3/c1-11-14(21(29)26-17-5-4-16(22)15(9-24)20(11)17)7-19(28)25-12(2)18-6-3-13(8-23)10-27(18)30/h4-5,12-13,18H,3,6-7,10H2,1-2H3,(H-,25,26,28,29)/p+1/t12-,13?,18?/m0/s1. The van der Waals surface area contributed by atoms with Crippen molar-refractivity contribution in [3.8, 4) is 12.1 Å². The van der Waals surface area contributed by atoms with Gasteiger partial charge in [-0.05, 0) is 38.0 Å². The van der Waals surface area contributed by atoms with Crippen LogP contribution in [0.25, 0.3) is 10.9 Å². The molecule has 2 N–H and O–H groups in total. The molecule has 0 saturated carbocycles. The van der Waals surface area contributed by atoms with E-state index in [0.29, 0.717) is 23.9 Å². The highest BCUT2D eigenvalue weighted by atomic mass is 19.1. The number of pyridine rings is 1. The third kappa shape index (κ3) is 3.92. The monoisotopic (exact) mass is 410 g/mol. The van der Waals surface area contributed by atoms with Crippen molar-refractivity contribution in [1.29, 1.82) is 10.5 Å². The van der Waals surface area contributed by atoms with E-state index in [2.05, 4.69) is 16.4 Å². The van der Waals surface area contributed by atoms with Gasteiger partial charge in [0.15, 0.2) is 0 Å². The van der Waals surface area contributed by atoms with Gasteiger partial charge in [-0.3, -0.25) is 9.59 Å². The fourth-order valence-corrected chi connectivity index (χ4v) is 4.04. The molecular weight excluding hydrogens is 389 g/mol. The molecule has 1 fully saturated rings. The van der Waals surface area contributed by atoms with Crippen LogP contribution in [-0.4, -0.2) is 34.3 Å². The predicted octanol–water partition coefficient (Wildman–Crippen LogP) is 1.98. The van der Waals surface area contributed by atoms with Crippen LogP contribution in [0.15, 0.2) is 16.9 Å². The van der Waals surface area contributed by atoms with Gasteiger partial charge in [-0.25, -0.2) is 4.39 Å². The number of nitrogens with zero attached hydrogens (tertiary/aromatic N) is 3. The Labute approximate surface area is 171 Å². The molecule has 1 aliphatic heterocycles. The Morgan fingerprint density at radius 2 is 2.13 bits per heavy atom. The van der Waals surface area contributed by atoms with Gasteiger partial charge in [-0.1, -0.05) is 0 Å². The molecule has 0 radical (unpaired) electrons. The Morgan fingerprint density at radius 1 is 1.40 bits per heavy atom. The summed E-state index contributed by atoms with van der Waals surface area (Å²) in [4.78, 5) is 39.9. The Hall–Kier alpha value is -3.59. The van der Waals surface area contributed by atoms with Crippen molar-refractivity contribution < 1.29 is 13.9 Å². The smallest absolute Gasteiger partial charge is 0.252 e. The number of amides is 1. The molecule has 1 aromatic heterocycles. The molecule has 0 aliphatic carbocycles. The number of carbonyl (C=O) groups excluding carboxylic acids is 1. The summed E-state index contributed by atoms with van der Waals surface area (Å²) >= 11 is 0. The molecule has 1 aliphatic rings. The molecule has 0 bridgehead atoms. The van der Waals surface area contributed by atoms with Gasteiger partial charge in [0.25, 0.3) is 5.56 Å². The molecule has 154 valence electrons. The molecule has 3 rings (SSSR count). The van der Waals surface area contributed by atoms with Crippen LogP contribution in [0.4, 0.5) is 4.39 Å². The number of hydrogen-bond donors (Lipinski definition) is 2. The zero-order valence-corrected chi connectivity index (χ0v) is 16.7. The van der Waals surface area contributed by atoms with Gasteiger partial charge in [0.2, 0.25) is 18.5 Å². The van der Waals surface area contributed by atoms with E-state index in [-0.39, 0.29) is 35.4 Å². The minimum absolute atomic E-state index is 0.104. The number of hydrogen-bond acceptors (Lipinski definition) is 5. The zero-order chi connectivity index (χ0) is 22.0. The molecule has 8 nitrogen and oxygen atoms in total. The molecule has 9 heteroatoms. The van der Waals surface area contributed by atoms with E-state index in [1.54, 1.807) is 19.9 Å². The number of nitrogens with one attached hydrogen (secondary N) is 2. The first-order chi connectivity index (χ1) is 14.3. The van der Waals surface area contributed by atoms with E-state index < -0.39 is 29.4 Å². The summed E-state index contributed by atoms with van der Waals surface area (Å²) in [5, 5.41) is 21.3. The Bertz CT molecular complexity index is 1170. The van der Waals surface area contributed by atoms with E-state index >= 15 is 0 Å². The Balaban J connectivity index is 1.82. The van der Waals surface area contributed by atoms with Crippen molar-refractivity contribution in [2.45, 2.75) is 45.2 Å². The highest BCUT2D eigenvalue weighted by molar-refractivity contribution is 5.90. The maximum Gasteiger partial charge on any atom is 0.252 e. The maximum absolute atomic E-state index is 14.0. The molecule has 3 atom stereocenters. The van der Waals surface area contributed by atoms with Crippen LogP contribution in [-0.2, 0) is 11.2 Å². The van der Waals surface area contributed by atoms with Crippen LogP contribution in [0.3, 0.4) is 0 Å². The first kappa shape index (κ1) is 21.1. The number of H-pyrrole nitrogens is 1. The van der Waals surface area contributed by atoms with Crippen molar-refractivity contribution in [2.75, 3.05) is 6.54 Å². The second kappa shape index (κ2) is 8.42. The average Bonchev–Trinajstić information content (AvgIpc) is 2.71. The lowest BCUT2D eigenvalue weighted by Crippen LogP contribution is -2.49. The van der Waals surface area contributed by atoms with Crippen LogP contribution in [0.2, 0.25) is 0 Å². The molecule has 1 amide bonds. The van der Waals surface area contributed by atoms with Crippen LogP contribution >= 0.6 is 0 Å². The summed E-state index contributed by atoms with van der Waals surface area (Å²) in [7, 11) is 0. The molecule has 30 heavy (non-hydrogen) atoms. The number of aromatic nitrogens is 1. The SMILES string of the molecule is Cc1c(CC(=O)N[C@@H](C)C2CCC(C#N)C[N+]2=O)c(=O)[nH]c2ccc(F)c(C#N)c12. The summed E-state index contributed by atoms with van der Waals surface area (Å²) in [6.45, 7) is 3.39. The van der Waals surface area contributed by atoms with Crippen LogP contribution in [0, 0.1) is 46.2 Å². The lowest BCUT2D eigenvalue weighted by Gasteiger charge is -2.23. The van der Waals surface area contributed by atoms with Crippen molar-refractivity contribution in [2.24, 2.45) is 5.92 Å². The van der Waals surface area contributed by atoms with Gasteiger partial charge in [-0.15, -0.1) is 0 Å². The van der Waals surface area contributed by atoms with Gasteiger partial charge in [0.1, 0.15) is 17.8 Å². The van der Waals surface area contributed by atoms with Gasteiger partial charge in [-0.2, -0.15) is 10.5 Å². The number of fused-ring (bicyclic) bond motifs is 1. The first-order valence-corrected chi connectivity index (χ1v) is 9.63. The minimum Gasteiger partial charge on any atom is -0.347 e. The number of nitroso groups, excluding NO2 is 1. The fraction of sp³-hybridized carbons (Fsp3) is 0.429. The van der Waals surface area contributed by atoms with Crippen LogP contribution in [0.5, 0.6) is 0 Å². The number of halogens is 1. The zero-order valence-electron chi connectivity index (χ0n) is 16.7. The summed E-state index contributed by atoms with van der Waals surface area (Å²) in [5.41, 5.74) is 0.157. The van der Waals surface area contributed by atoms with Crippen LogP contribution < -0.4 is 10.9 Å². The van der Waals surface area contributed by atoms with Gasteiger partial charge >= 0.3 is 0 Å². The number of aromatic amines is 1. The average molecular weight is 410 g/mol. The van der Waals surface area contributed by atoms with Gasteiger partial charge < -0.3 is 10.3 Å². The lowest BCUT2D eigenvalue weighted by atomic mass is 9.92. The first-order valence-electron chi connectivity index (χ1n) is 9.63. The summed E-state index contributed by atoms with van der Waals surface area (Å²) in [5.74, 6) is -1.47. The predicted molar refractivity (Wildman–Crippen MR) is 106 cm³/mol. The molecule has 0 spiro atoms. The number of piperidine rings is 1. The quantitative estimate of drug-likeness (QED) is 0.745. The second-order valence-corrected chi connectivity index (χ2v) is 7.62. The summed E-state index contributed by atoms with van der Waals surface area (Å²) < 4.78 is 14.8. The normalized spacial score (nSPS) is 19.7. The number of rotatable bonds is 4. The van der Waals surface area contributed by atoms with Gasteiger partial charge in [0.05, 0.1) is 29.6 Å². The molecule has 1 aromatic carbocycles. The maximum atomic E-state index is 14.0. The largest absolute Gasteiger partial charge is 0.347 e. The summed E-state index contributed by atoms with van der Waals surface area (Å²) in [6, 6.07) is 5.47. The molecular formula is C21H21FN5O3+. The number of aryl methyl sites for hydroxylation is 1. The van der Waals surface area contributed by atoms with Crippen molar-refractivity contribution in [3.63, 3.8) is 0 Å². The summed E-state index contributed by atoms with van der Waals surface area (Å²) in [6.07, 6.45) is 0.810. The molecule has 2 aromatic rings. The number of benzene rings is 1. The van der Waals surface area contributed by atoms with Crippen LogP contribution in [0.1, 0.15) is 36.5 Å². The number of carbonyl (C=O) groups is 1. The van der Waals surface area contributed by atoms with E-state index in [1.807, 2.05) is 0 Å². The highest BCUT2D eigenvalue weighted by Crippen LogP contribution is 2.24. The van der Waals surface area contributed by atoms with Gasteiger partial charge in [0, 0.05) is 27.0 Å². The lowest BCUT2D eigenvalue weighted by molar-refractivity contribution is -0.603. The molecule has 1 saturated heterocycles. The van der Waals surface area contributed by atoms with E-state index in [0.717, 1.165) is 10.8 Å². The highest BCUT2D eigenvalue weighted by Gasteiger charge is 2.39. The third-order valence-corrected chi connectivity index (χ3v) is 5.68. The van der Waals surface area contributed by atoms with E-state index in [1.165, 1.54) is 6.07 Å². The Morgan fingerprint density at radius 3 is 2.77 bits per heavy atom. The molecule has 2 heterocycles. The minimum atomic E-state index is -0.701. The van der Waals surface area contributed by atoms with Crippen molar-refractivity contribution >= 4 is 16.8 Å². The van der Waals surface area contributed by atoms with E-state index in [9.17, 15) is 24.1 Å².